The first-order chi connectivity index (χ1) is 7.74. The van der Waals surface area contributed by atoms with Crippen molar-refractivity contribution in [1.29, 1.82) is 0 Å². The minimum absolute atomic E-state index is 0.556. The normalized spacial score (nSPS) is 18.4. The van der Waals surface area contributed by atoms with Crippen molar-refractivity contribution in [2.75, 3.05) is 11.9 Å². The molecule has 4 nitrogen and oxygen atoms in total. The van der Waals surface area contributed by atoms with E-state index in [1.165, 1.54) is 0 Å². The van der Waals surface area contributed by atoms with Crippen molar-refractivity contribution in [2.24, 2.45) is 0 Å². The molecule has 2 rings (SSSR count). The van der Waals surface area contributed by atoms with E-state index >= 15 is 0 Å². The second kappa shape index (κ2) is 3.46. The molecule has 0 saturated heterocycles. The zero-order valence-electron chi connectivity index (χ0n) is 8.21. The van der Waals surface area contributed by atoms with E-state index in [9.17, 15) is 26.4 Å². The molecule has 0 fully saturated rings. The molecule has 17 heavy (non-hydrogen) atoms. The highest BCUT2D eigenvalue weighted by Crippen LogP contribution is 2.39. The number of hydrogen-bond donors (Lipinski definition) is 1. The van der Waals surface area contributed by atoms with Gasteiger partial charge in [-0.05, 0) is 12.1 Å². The molecule has 0 saturated carbocycles. The van der Waals surface area contributed by atoms with Gasteiger partial charge in [0.15, 0.2) is 0 Å². The van der Waals surface area contributed by atoms with Gasteiger partial charge >= 0.3 is 6.18 Å². The molecule has 1 aliphatic heterocycles. The van der Waals surface area contributed by atoms with Crippen molar-refractivity contribution in [3.63, 3.8) is 0 Å². The summed E-state index contributed by atoms with van der Waals surface area (Å²) in [6, 6.07) is 2.70. The van der Waals surface area contributed by atoms with Crippen LogP contribution in [0.4, 0.5) is 18.9 Å². The van der Waals surface area contributed by atoms with Crippen molar-refractivity contribution in [3.05, 3.63) is 23.8 Å². The standard InChI is InChI=1S/C9H6F3NO3S/c10-9(11,12)5-2-1-3-6-8(5)13-4-7(14)17(6,15)16/h1-3,13H,4H2. The summed E-state index contributed by atoms with van der Waals surface area (Å²) < 4.78 is 60.9. The van der Waals surface area contributed by atoms with Gasteiger partial charge in [-0.25, -0.2) is 8.42 Å². The highest BCUT2D eigenvalue weighted by Gasteiger charge is 2.40. The predicted octanol–water partition coefficient (Wildman–Crippen LogP) is 1.43. The van der Waals surface area contributed by atoms with Crippen LogP contribution in [-0.4, -0.2) is 20.1 Å². The number of para-hydroxylation sites is 1. The number of anilines is 1. The number of nitrogens with one attached hydrogen (secondary N) is 1. The van der Waals surface area contributed by atoms with Crippen LogP contribution in [0, 0.1) is 0 Å². The van der Waals surface area contributed by atoms with Gasteiger partial charge < -0.3 is 5.32 Å². The fourth-order valence-electron chi connectivity index (χ4n) is 1.55. The number of benzene rings is 1. The van der Waals surface area contributed by atoms with Crippen molar-refractivity contribution >= 4 is 20.6 Å². The van der Waals surface area contributed by atoms with Crippen LogP contribution in [0.3, 0.4) is 0 Å². The lowest BCUT2D eigenvalue weighted by atomic mass is 10.1. The number of hydrogen-bond acceptors (Lipinski definition) is 4. The Labute approximate surface area is 94.4 Å². The molecule has 0 unspecified atom stereocenters. The van der Waals surface area contributed by atoms with Gasteiger partial charge in [0.2, 0.25) is 9.84 Å². The molecule has 1 aromatic carbocycles. The van der Waals surface area contributed by atoms with Gasteiger partial charge in [0.1, 0.15) is 0 Å². The lowest BCUT2D eigenvalue weighted by Crippen LogP contribution is -2.31. The van der Waals surface area contributed by atoms with E-state index in [4.69, 9.17) is 0 Å². The largest absolute Gasteiger partial charge is 0.418 e. The summed E-state index contributed by atoms with van der Waals surface area (Å²) in [7, 11) is -4.30. The molecule has 0 aliphatic carbocycles. The van der Waals surface area contributed by atoms with E-state index in [0.29, 0.717) is 0 Å². The monoisotopic (exact) mass is 265 g/mol. The molecule has 1 aliphatic rings. The summed E-state index contributed by atoms with van der Waals surface area (Å²) in [4.78, 5) is 10.5. The number of rotatable bonds is 0. The Kier molecular flexibility index (Phi) is 2.42. The van der Waals surface area contributed by atoms with Crippen LogP contribution >= 0.6 is 0 Å². The van der Waals surface area contributed by atoms with Crippen LogP contribution in [0.2, 0.25) is 0 Å². The molecule has 1 N–H and O–H groups in total. The first kappa shape index (κ1) is 11.9. The first-order valence-electron chi connectivity index (χ1n) is 4.46. The Morgan fingerprint density at radius 2 is 1.88 bits per heavy atom. The highest BCUT2D eigenvalue weighted by molar-refractivity contribution is 8.06. The summed E-state index contributed by atoms with van der Waals surface area (Å²) in [6.45, 7) is -0.650. The lowest BCUT2D eigenvalue weighted by molar-refractivity contribution is -0.137. The van der Waals surface area contributed by atoms with Gasteiger partial charge in [-0.2, -0.15) is 13.2 Å². The van der Waals surface area contributed by atoms with E-state index in [1.54, 1.807) is 0 Å². The average molecular weight is 265 g/mol. The molecule has 0 spiro atoms. The minimum atomic E-state index is -4.67. The number of fused-ring (bicyclic) bond motifs is 1. The maximum Gasteiger partial charge on any atom is 0.418 e. The lowest BCUT2D eigenvalue weighted by Gasteiger charge is -2.21. The van der Waals surface area contributed by atoms with Gasteiger partial charge in [0, 0.05) is 0 Å². The van der Waals surface area contributed by atoms with Crippen LogP contribution in [0.5, 0.6) is 0 Å². The molecule has 1 aromatic rings. The highest BCUT2D eigenvalue weighted by atomic mass is 32.2. The second-order valence-electron chi connectivity index (χ2n) is 3.41. The molecular weight excluding hydrogens is 259 g/mol. The summed E-state index contributed by atoms with van der Waals surface area (Å²) >= 11 is 0. The third kappa shape index (κ3) is 1.78. The molecule has 0 aromatic heterocycles. The molecule has 92 valence electrons. The van der Waals surface area contributed by atoms with E-state index in [0.717, 1.165) is 18.2 Å². The quantitative estimate of drug-likeness (QED) is 0.770. The van der Waals surface area contributed by atoms with Crippen molar-refractivity contribution < 1.29 is 26.4 Å². The topological polar surface area (TPSA) is 63.2 Å². The first-order valence-corrected chi connectivity index (χ1v) is 5.95. The zero-order valence-corrected chi connectivity index (χ0v) is 9.02. The van der Waals surface area contributed by atoms with Crippen molar-refractivity contribution in [2.45, 2.75) is 11.1 Å². The van der Waals surface area contributed by atoms with Gasteiger partial charge in [0.25, 0.3) is 5.12 Å². The molecule has 1 heterocycles. The van der Waals surface area contributed by atoms with E-state index < -0.39 is 43.8 Å². The average Bonchev–Trinajstić information content (AvgIpc) is 2.22. The second-order valence-corrected chi connectivity index (χ2v) is 5.31. The summed E-state index contributed by atoms with van der Waals surface area (Å²) in [5, 5.41) is 1.06. The summed E-state index contributed by atoms with van der Waals surface area (Å²) in [5.41, 5.74) is -1.65. The number of halogens is 3. The van der Waals surface area contributed by atoms with E-state index in [2.05, 4.69) is 5.32 Å². The molecule has 0 amide bonds. The molecule has 8 heteroatoms. The molecular formula is C9H6F3NO3S. The maximum atomic E-state index is 12.6. The maximum absolute atomic E-state index is 12.6. The van der Waals surface area contributed by atoms with Gasteiger partial charge in [-0.3, -0.25) is 4.79 Å². The van der Waals surface area contributed by atoms with Crippen LogP contribution < -0.4 is 5.32 Å². The Morgan fingerprint density at radius 1 is 1.24 bits per heavy atom. The fourth-order valence-corrected chi connectivity index (χ4v) is 2.77. The van der Waals surface area contributed by atoms with Crippen molar-refractivity contribution in [3.8, 4) is 0 Å². The Hall–Kier alpha value is -1.57. The zero-order chi connectivity index (χ0) is 12.8. The van der Waals surface area contributed by atoms with Crippen LogP contribution in [0.1, 0.15) is 5.56 Å². The number of alkyl halides is 3. The predicted molar refractivity (Wildman–Crippen MR) is 52.1 cm³/mol. The molecule has 0 radical (unpaired) electrons. The van der Waals surface area contributed by atoms with Crippen LogP contribution in [0.25, 0.3) is 0 Å². The smallest absolute Gasteiger partial charge is 0.375 e. The third-order valence-corrected chi connectivity index (χ3v) is 3.99. The Balaban J connectivity index is 2.75. The third-order valence-electron chi connectivity index (χ3n) is 2.33. The van der Waals surface area contributed by atoms with E-state index in [-0.39, 0.29) is 0 Å². The van der Waals surface area contributed by atoms with Crippen LogP contribution in [-0.2, 0) is 20.8 Å². The minimum Gasteiger partial charge on any atom is -0.375 e. The summed E-state index contributed by atoms with van der Waals surface area (Å²) in [5.74, 6) is 0. The molecule has 0 atom stereocenters. The van der Waals surface area contributed by atoms with E-state index in [1.807, 2.05) is 0 Å². The van der Waals surface area contributed by atoms with Gasteiger partial charge in [-0.1, -0.05) is 6.07 Å². The Morgan fingerprint density at radius 3 is 2.47 bits per heavy atom. The number of carbonyl (C=O) groups excluding carboxylic acids is 1. The van der Waals surface area contributed by atoms with Crippen LogP contribution in [0.15, 0.2) is 23.1 Å². The fraction of sp³-hybridized carbons (Fsp3) is 0.222. The van der Waals surface area contributed by atoms with Gasteiger partial charge in [0.05, 0.1) is 22.7 Å². The summed E-state index contributed by atoms with van der Waals surface area (Å²) in [6.07, 6.45) is -4.67. The molecule has 0 bridgehead atoms. The van der Waals surface area contributed by atoms with Crippen molar-refractivity contribution in [1.82, 2.24) is 0 Å². The number of carbonyl (C=O) groups is 1. The Bertz CT molecular complexity index is 592. The number of sulfone groups is 1. The van der Waals surface area contributed by atoms with Gasteiger partial charge in [-0.15, -0.1) is 0 Å². The SMILES string of the molecule is O=C1CNc2c(C(F)(F)F)cccc2S1(=O)=O.